The molecule has 0 saturated carbocycles. The molecule has 1 atom stereocenters. The lowest BCUT2D eigenvalue weighted by Gasteiger charge is -2.19. The summed E-state index contributed by atoms with van der Waals surface area (Å²) in [6, 6.07) is 4.99. The van der Waals surface area contributed by atoms with Gasteiger partial charge >= 0.3 is 0 Å². The van der Waals surface area contributed by atoms with Crippen LogP contribution in [0.2, 0.25) is 0 Å². The molecule has 0 aliphatic carbocycles. The Kier molecular flexibility index (Phi) is 4.74. The zero-order valence-corrected chi connectivity index (χ0v) is 11.0. The van der Waals surface area contributed by atoms with Crippen molar-refractivity contribution in [3.63, 3.8) is 0 Å². The van der Waals surface area contributed by atoms with Gasteiger partial charge in [0.25, 0.3) is 0 Å². The standard InChI is InChI=1S/C15H15F3N2/c1-2-20-15(11-5-6-19-9-14(11)18)8-10-3-4-12(16)13(17)7-10/h3-7,9,15,20H,2,8H2,1H3. The number of pyridine rings is 1. The molecule has 2 aromatic rings. The van der Waals surface area contributed by atoms with Crippen molar-refractivity contribution in [2.45, 2.75) is 19.4 Å². The van der Waals surface area contributed by atoms with Crippen molar-refractivity contribution in [2.75, 3.05) is 6.54 Å². The Hall–Kier alpha value is -1.88. The SMILES string of the molecule is CCNC(Cc1ccc(F)c(F)c1)c1ccncc1F. The number of nitrogens with zero attached hydrogens (tertiary/aromatic N) is 1. The summed E-state index contributed by atoms with van der Waals surface area (Å²) < 4.78 is 39.9. The molecule has 2 nitrogen and oxygen atoms in total. The van der Waals surface area contributed by atoms with E-state index < -0.39 is 17.5 Å². The molecule has 106 valence electrons. The summed E-state index contributed by atoms with van der Waals surface area (Å²) in [4.78, 5) is 3.71. The normalized spacial score (nSPS) is 12.4. The summed E-state index contributed by atoms with van der Waals surface area (Å²) in [6.45, 7) is 2.54. The maximum atomic E-state index is 13.8. The quantitative estimate of drug-likeness (QED) is 0.908. The molecule has 1 aromatic carbocycles. The van der Waals surface area contributed by atoms with E-state index >= 15 is 0 Å². The van der Waals surface area contributed by atoms with Gasteiger partial charge in [-0.1, -0.05) is 13.0 Å². The molecule has 5 heteroatoms. The van der Waals surface area contributed by atoms with Gasteiger partial charge in [0.05, 0.1) is 6.20 Å². The zero-order valence-electron chi connectivity index (χ0n) is 11.0. The fourth-order valence-corrected chi connectivity index (χ4v) is 2.11. The lowest BCUT2D eigenvalue weighted by Crippen LogP contribution is -2.24. The second kappa shape index (κ2) is 6.52. The van der Waals surface area contributed by atoms with E-state index in [1.54, 1.807) is 6.07 Å². The van der Waals surface area contributed by atoms with Crippen molar-refractivity contribution >= 4 is 0 Å². The monoisotopic (exact) mass is 280 g/mol. The number of hydrogen-bond donors (Lipinski definition) is 1. The third kappa shape index (κ3) is 3.36. The number of aromatic nitrogens is 1. The lowest BCUT2D eigenvalue weighted by molar-refractivity contribution is 0.494. The minimum Gasteiger partial charge on any atom is -0.310 e. The fourth-order valence-electron chi connectivity index (χ4n) is 2.11. The third-order valence-corrected chi connectivity index (χ3v) is 3.05. The van der Waals surface area contributed by atoms with Gasteiger partial charge in [-0.2, -0.15) is 0 Å². The van der Waals surface area contributed by atoms with Gasteiger partial charge in [0.15, 0.2) is 11.6 Å². The van der Waals surface area contributed by atoms with Crippen molar-refractivity contribution in [2.24, 2.45) is 0 Å². The van der Waals surface area contributed by atoms with Crippen molar-refractivity contribution in [3.8, 4) is 0 Å². The van der Waals surface area contributed by atoms with Crippen LogP contribution in [0.1, 0.15) is 24.1 Å². The fraction of sp³-hybridized carbons (Fsp3) is 0.267. The van der Waals surface area contributed by atoms with E-state index in [9.17, 15) is 13.2 Å². The van der Waals surface area contributed by atoms with Gasteiger partial charge < -0.3 is 5.32 Å². The predicted octanol–water partition coefficient (Wildman–Crippen LogP) is 3.39. The Morgan fingerprint density at radius 3 is 2.55 bits per heavy atom. The minimum absolute atomic E-state index is 0.312. The largest absolute Gasteiger partial charge is 0.310 e. The first-order valence-electron chi connectivity index (χ1n) is 6.38. The highest BCUT2D eigenvalue weighted by molar-refractivity contribution is 5.24. The van der Waals surface area contributed by atoms with Crippen molar-refractivity contribution in [3.05, 3.63) is 65.2 Å². The van der Waals surface area contributed by atoms with Gasteiger partial charge in [0.2, 0.25) is 0 Å². The minimum atomic E-state index is -0.895. The number of benzene rings is 1. The first-order valence-corrected chi connectivity index (χ1v) is 6.38. The van der Waals surface area contributed by atoms with E-state index in [-0.39, 0.29) is 6.04 Å². The molecule has 0 aliphatic rings. The highest BCUT2D eigenvalue weighted by Gasteiger charge is 2.16. The number of rotatable bonds is 5. The lowest BCUT2D eigenvalue weighted by atomic mass is 9.99. The van der Waals surface area contributed by atoms with Crippen LogP contribution < -0.4 is 5.32 Å². The second-order valence-corrected chi connectivity index (χ2v) is 4.46. The Bertz CT molecular complexity index is 587. The van der Waals surface area contributed by atoms with E-state index in [1.807, 2.05) is 6.92 Å². The summed E-state index contributed by atoms with van der Waals surface area (Å²) in [5.41, 5.74) is 1.07. The van der Waals surface area contributed by atoms with Crippen LogP contribution in [0.5, 0.6) is 0 Å². The van der Waals surface area contributed by atoms with Crippen LogP contribution in [-0.2, 0) is 6.42 Å². The Labute approximate surface area is 115 Å². The smallest absolute Gasteiger partial charge is 0.159 e. The molecule has 0 spiro atoms. The molecular formula is C15H15F3N2. The summed E-state index contributed by atoms with van der Waals surface area (Å²) in [5.74, 6) is -2.20. The Morgan fingerprint density at radius 1 is 1.10 bits per heavy atom. The molecule has 2 rings (SSSR count). The van der Waals surface area contributed by atoms with Gasteiger partial charge in [-0.15, -0.1) is 0 Å². The molecule has 0 radical (unpaired) electrons. The van der Waals surface area contributed by atoms with Crippen LogP contribution in [0.25, 0.3) is 0 Å². The number of likely N-dealkylation sites (N-methyl/N-ethyl adjacent to an activating group) is 1. The summed E-state index contributed by atoms with van der Waals surface area (Å²) in [7, 11) is 0. The van der Waals surface area contributed by atoms with Crippen LogP contribution in [0.15, 0.2) is 36.7 Å². The van der Waals surface area contributed by atoms with Crippen molar-refractivity contribution < 1.29 is 13.2 Å². The number of halogens is 3. The molecular weight excluding hydrogens is 265 g/mol. The maximum Gasteiger partial charge on any atom is 0.159 e. The molecule has 0 aliphatic heterocycles. The topological polar surface area (TPSA) is 24.9 Å². The van der Waals surface area contributed by atoms with Crippen molar-refractivity contribution in [1.82, 2.24) is 10.3 Å². The average molecular weight is 280 g/mol. The Balaban J connectivity index is 2.25. The van der Waals surface area contributed by atoms with Crippen LogP contribution in [0.3, 0.4) is 0 Å². The van der Waals surface area contributed by atoms with Gasteiger partial charge in [0, 0.05) is 17.8 Å². The van der Waals surface area contributed by atoms with Gasteiger partial charge in [-0.25, -0.2) is 13.2 Å². The van der Waals surface area contributed by atoms with Crippen LogP contribution >= 0.6 is 0 Å². The van der Waals surface area contributed by atoms with Crippen LogP contribution in [0, 0.1) is 17.5 Å². The molecule has 0 bridgehead atoms. The second-order valence-electron chi connectivity index (χ2n) is 4.46. The van der Waals surface area contributed by atoms with Crippen LogP contribution in [0.4, 0.5) is 13.2 Å². The molecule has 20 heavy (non-hydrogen) atoms. The molecule has 1 aromatic heterocycles. The average Bonchev–Trinajstić information content (AvgIpc) is 2.43. The van der Waals surface area contributed by atoms with E-state index in [4.69, 9.17) is 0 Å². The number of nitrogens with one attached hydrogen (secondary N) is 1. The summed E-state index contributed by atoms with van der Waals surface area (Å²) in [5, 5.41) is 3.14. The van der Waals surface area contributed by atoms with E-state index in [1.165, 1.54) is 12.3 Å². The van der Waals surface area contributed by atoms with Gasteiger partial charge in [-0.05, 0) is 36.7 Å². The highest BCUT2D eigenvalue weighted by Crippen LogP contribution is 2.21. The molecule has 1 N–H and O–H groups in total. The third-order valence-electron chi connectivity index (χ3n) is 3.05. The zero-order chi connectivity index (χ0) is 14.5. The highest BCUT2D eigenvalue weighted by atomic mass is 19.2. The molecule has 1 unspecified atom stereocenters. The predicted molar refractivity (Wildman–Crippen MR) is 70.7 cm³/mol. The first-order chi connectivity index (χ1) is 9.61. The summed E-state index contributed by atoms with van der Waals surface area (Å²) >= 11 is 0. The van der Waals surface area contributed by atoms with E-state index in [0.717, 1.165) is 18.3 Å². The van der Waals surface area contributed by atoms with E-state index in [2.05, 4.69) is 10.3 Å². The maximum absolute atomic E-state index is 13.8. The number of hydrogen-bond acceptors (Lipinski definition) is 2. The molecule has 0 amide bonds. The van der Waals surface area contributed by atoms with Gasteiger partial charge in [0.1, 0.15) is 5.82 Å². The first kappa shape index (κ1) is 14.5. The van der Waals surface area contributed by atoms with Crippen molar-refractivity contribution in [1.29, 1.82) is 0 Å². The Morgan fingerprint density at radius 2 is 1.90 bits per heavy atom. The molecule has 0 fully saturated rings. The molecule has 0 saturated heterocycles. The van der Waals surface area contributed by atoms with Gasteiger partial charge in [-0.3, -0.25) is 4.98 Å². The van der Waals surface area contributed by atoms with Crippen LogP contribution in [-0.4, -0.2) is 11.5 Å². The molecule has 1 heterocycles. The summed E-state index contributed by atoms with van der Waals surface area (Å²) in [6.07, 6.45) is 3.02. The van der Waals surface area contributed by atoms with E-state index in [0.29, 0.717) is 24.1 Å².